The molecule has 0 fully saturated rings. The van der Waals surface area contributed by atoms with Gasteiger partial charge >= 0.3 is 5.97 Å². The number of benzene rings is 3. The van der Waals surface area contributed by atoms with Gasteiger partial charge in [0.15, 0.2) is 5.78 Å². The minimum Gasteiger partial charge on any atom is -0.507 e. The summed E-state index contributed by atoms with van der Waals surface area (Å²) in [4.78, 5) is 25.5. The summed E-state index contributed by atoms with van der Waals surface area (Å²) in [5.41, 5.74) is 1.61. The monoisotopic (exact) mass is 371 g/mol. The van der Waals surface area contributed by atoms with Crippen LogP contribution < -0.4 is 0 Å². The highest BCUT2D eigenvalue weighted by molar-refractivity contribution is 6.13. The van der Waals surface area contributed by atoms with Crippen molar-refractivity contribution >= 4 is 11.8 Å². The fourth-order valence-electron chi connectivity index (χ4n) is 2.97. The summed E-state index contributed by atoms with van der Waals surface area (Å²) in [6.45, 7) is 1.84. The predicted molar refractivity (Wildman–Crippen MR) is 104 cm³/mol. The highest BCUT2D eigenvalue weighted by Gasteiger charge is 2.23. The van der Waals surface area contributed by atoms with E-state index in [0.29, 0.717) is 11.1 Å². The fourth-order valence-corrected chi connectivity index (χ4v) is 2.97. The van der Waals surface area contributed by atoms with Crippen LogP contribution in [0.3, 0.4) is 0 Å². The van der Waals surface area contributed by atoms with Gasteiger partial charge < -0.3 is 9.84 Å². The Bertz CT molecular complexity index is 1080. The minimum absolute atomic E-state index is 0.0914. The molecule has 0 spiro atoms. The molecule has 0 aliphatic heterocycles. The van der Waals surface area contributed by atoms with Crippen molar-refractivity contribution in [2.45, 2.75) is 6.92 Å². The maximum atomic E-state index is 12.9. The third-order valence-electron chi connectivity index (χ3n) is 4.23. The van der Waals surface area contributed by atoms with Crippen molar-refractivity contribution < 1.29 is 19.4 Å². The number of esters is 1. The normalized spacial score (nSPS) is 10.1. The Labute approximate surface area is 162 Å². The molecule has 0 radical (unpaired) electrons. The quantitative estimate of drug-likeness (QED) is 0.532. The summed E-state index contributed by atoms with van der Waals surface area (Å²) in [6.07, 6.45) is 0. The lowest BCUT2D eigenvalue weighted by atomic mass is 9.90. The van der Waals surface area contributed by atoms with Gasteiger partial charge in [0.2, 0.25) is 0 Å². The lowest BCUT2D eigenvalue weighted by Gasteiger charge is -2.13. The number of phenols is 1. The van der Waals surface area contributed by atoms with E-state index >= 15 is 0 Å². The maximum absolute atomic E-state index is 12.9. The van der Waals surface area contributed by atoms with Gasteiger partial charge in [0.05, 0.1) is 29.4 Å². The first-order valence-electron chi connectivity index (χ1n) is 8.70. The molecule has 0 aromatic heterocycles. The van der Waals surface area contributed by atoms with Crippen molar-refractivity contribution in [3.05, 3.63) is 89.0 Å². The van der Waals surface area contributed by atoms with E-state index in [4.69, 9.17) is 4.74 Å². The molecule has 3 aromatic rings. The molecule has 0 saturated carbocycles. The van der Waals surface area contributed by atoms with Gasteiger partial charge in [0.1, 0.15) is 5.75 Å². The number of aromatic hydroxyl groups is 1. The van der Waals surface area contributed by atoms with Crippen molar-refractivity contribution in [2.24, 2.45) is 0 Å². The number of nitrogens with zero attached hydrogens (tertiary/aromatic N) is 1. The zero-order chi connectivity index (χ0) is 20.1. The Morgan fingerprint density at radius 2 is 1.68 bits per heavy atom. The molecule has 0 atom stereocenters. The molecule has 0 aliphatic rings. The van der Waals surface area contributed by atoms with Gasteiger partial charge in [0, 0.05) is 11.1 Å². The van der Waals surface area contributed by atoms with E-state index in [1.165, 1.54) is 24.3 Å². The molecule has 28 heavy (non-hydrogen) atoms. The number of nitriles is 1. The number of hydrogen-bond donors (Lipinski definition) is 1. The number of phenolic OH excluding ortho intramolecular Hbond substituents is 1. The van der Waals surface area contributed by atoms with Gasteiger partial charge in [-0.2, -0.15) is 5.26 Å². The maximum Gasteiger partial charge on any atom is 0.338 e. The zero-order valence-corrected chi connectivity index (χ0v) is 15.2. The van der Waals surface area contributed by atoms with Crippen molar-refractivity contribution in [3.8, 4) is 22.9 Å². The standard InChI is InChI=1S/C23H17NO4/c1-2-28-23(27)19-13-16(22(26)18-10-6-7-11-20(18)25)12-17(14-24)21(19)15-8-4-3-5-9-15/h3-13,25H,2H2,1H3. The molecule has 138 valence electrons. The van der Waals surface area contributed by atoms with Gasteiger partial charge in [-0.25, -0.2) is 4.79 Å². The number of carbonyl (C=O) groups is 2. The lowest BCUT2D eigenvalue weighted by molar-refractivity contribution is 0.0527. The second-order valence-electron chi connectivity index (χ2n) is 5.99. The molecule has 3 aromatic carbocycles. The molecule has 3 rings (SSSR count). The topological polar surface area (TPSA) is 87.4 Å². The minimum atomic E-state index is -0.621. The molecule has 0 heterocycles. The van der Waals surface area contributed by atoms with Crippen molar-refractivity contribution in [1.29, 1.82) is 5.26 Å². The molecule has 0 aliphatic carbocycles. The van der Waals surface area contributed by atoms with Crippen LogP contribution in [0.15, 0.2) is 66.7 Å². The summed E-state index contributed by atoms with van der Waals surface area (Å²) in [5, 5.41) is 19.7. The number of ketones is 1. The van der Waals surface area contributed by atoms with Gasteiger partial charge in [-0.1, -0.05) is 42.5 Å². The van der Waals surface area contributed by atoms with Crippen molar-refractivity contribution in [1.82, 2.24) is 0 Å². The Morgan fingerprint density at radius 1 is 1.00 bits per heavy atom. The number of carbonyl (C=O) groups excluding carboxylic acids is 2. The van der Waals surface area contributed by atoms with Crippen LogP contribution >= 0.6 is 0 Å². The first kappa shape index (κ1) is 18.9. The van der Waals surface area contributed by atoms with Gasteiger partial charge in [-0.15, -0.1) is 0 Å². The number of ether oxygens (including phenoxy) is 1. The SMILES string of the molecule is CCOC(=O)c1cc(C(=O)c2ccccc2O)cc(C#N)c1-c1ccccc1. The largest absolute Gasteiger partial charge is 0.507 e. The van der Waals surface area contributed by atoms with Crippen LogP contribution in [0.4, 0.5) is 0 Å². The first-order chi connectivity index (χ1) is 13.6. The molecular formula is C23H17NO4. The van der Waals surface area contributed by atoms with E-state index in [-0.39, 0.29) is 34.6 Å². The summed E-state index contributed by atoms with van der Waals surface area (Å²) in [6, 6.07) is 20.0. The molecule has 1 N–H and O–H groups in total. The second-order valence-corrected chi connectivity index (χ2v) is 5.99. The van der Waals surface area contributed by atoms with Gasteiger partial charge in [-0.3, -0.25) is 4.79 Å². The van der Waals surface area contributed by atoms with Crippen LogP contribution in [0.1, 0.15) is 38.8 Å². The Morgan fingerprint density at radius 3 is 2.32 bits per heavy atom. The highest BCUT2D eigenvalue weighted by Crippen LogP contribution is 2.31. The summed E-state index contributed by atoms with van der Waals surface area (Å²) >= 11 is 0. The molecule has 0 saturated heterocycles. The van der Waals surface area contributed by atoms with Gasteiger partial charge in [-0.05, 0) is 36.8 Å². The number of para-hydroxylation sites is 1. The van der Waals surface area contributed by atoms with E-state index in [1.807, 2.05) is 6.07 Å². The van der Waals surface area contributed by atoms with Crippen LogP contribution in [0.25, 0.3) is 11.1 Å². The summed E-state index contributed by atoms with van der Waals surface area (Å²) in [7, 11) is 0. The summed E-state index contributed by atoms with van der Waals surface area (Å²) < 4.78 is 5.14. The second kappa shape index (κ2) is 8.19. The van der Waals surface area contributed by atoms with E-state index in [0.717, 1.165) is 0 Å². The van der Waals surface area contributed by atoms with Crippen LogP contribution in [-0.2, 0) is 4.74 Å². The molecule has 0 amide bonds. The average Bonchev–Trinajstić information content (AvgIpc) is 2.73. The number of hydrogen-bond acceptors (Lipinski definition) is 5. The Kier molecular flexibility index (Phi) is 5.52. The molecule has 0 unspecified atom stereocenters. The molecular weight excluding hydrogens is 354 g/mol. The van der Waals surface area contributed by atoms with Crippen LogP contribution in [0.5, 0.6) is 5.75 Å². The average molecular weight is 371 g/mol. The van der Waals surface area contributed by atoms with E-state index in [2.05, 4.69) is 6.07 Å². The third-order valence-corrected chi connectivity index (χ3v) is 4.23. The van der Waals surface area contributed by atoms with Crippen LogP contribution in [0.2, 0.25) is 0 Å². The third kappa shape index (κ3) is 3.62. The van der Waals surface area contributed by atoms with Crippen LogP contribution in [-0.4, -0.2) is 23.5 Å². The zero-order valence-electron chi connectivity index (χ0n) is 15.2. The van der Waals surface area contributed by atoms with E-state index in [9.17, 15) is 20.0 Å². The Hall–Kier alpha value is -3.91. The van der Waals surface area contributed by atoms with Crippen molar-refractivity contribution in [2.75, 3.05) is 6.61 Å². The molecule has 5 heteroatoms. The highest BCUT2D eigenvalue weighted by atomic mass is 16.5. The van der Waals surface area contributed by atoms with E-state index in [1.54, 1.807) is 43.3 Å². The number of rotatable bonds is 5. The smallest absolute Gasteiger partial charge is 0.338 e. The fraction of sp³-hybridized carbons (Fsp3) is 0.0870. The van der Waals surface area contributed by atoms with Crippen LogP contribution in [0, 0.1) is 11.3 Å². The molecule has 5 nitrogen and oxygen atoms in total. The van der Waals surface area contributed by atoms with E-state index < -0.39 is 11.8 Å². The first-order valence-corrected chi connectivity index (χ1v) is 8.70. The molecule has 0 bridgehead atoms. The Balaban J connectivity index is 2.24. The van der Waals surface area contributed by atoms with Gasteiger partial charge in [0.25, 0.3) is 0 Å². The predicted octanol–water partition coefficient (Wildman–Crippen LogP) is 4.34. The van der Waals surface area contributed by atoms with Crippen molar-refractivity contribution in [3.63, 3.8) is 0 Å². The lowest BCUT2D eigenvalue weighted by Crippen LogP contribution is -2.11. The summed E-state index contributed by atoms with van der Waals surface area (Å²) in [5.74, 6) is -1.28.